The number of nitro groups is 1. The van der Waals surface area contributed by atoms with Crippen molar-refractivity contribution in [3.8, 4) is 0 Å². The Morgan fingerprint density at radius 2 is 1.62 bits per heavy atom. The quantitative estimate of drug-likeness (QED) is 0.202. The first-order chi connectivity index (χ1) is 14.1. The average Bonchev–Trinajstić information content (AvgIpc) is 2.75. The maximum absolute atomic E-state index is 12.7. The van der Waals surface area contributed by atoms with E-state index >= 15 is 0 Å². The largest absolute Gasteiger partial charge is 0.294 e. The molecule has 0 heterocycles. The Bertz CT molecular complexity index is 803. The smallest absolute Gasteiger partial charge is 0.269 e. The van der Waals surface area contributed by atoms with E-state index in [-0.39, 0.29) is 16.4 Å². The van der Waals surface area contributed by atoms with Crippen molar-refractivity contribution in [2.24, 2.45) is 5.92 Å². The number of ketones is 1. The highest BCUT2D eigenvalue weighted by molar-refractivity contribution is 5.96. The van der Waals surface area contributed by atoms with Gasteiger partial charge in [-0.1, -0.05) is 56.2 Å². The molecule has 0 bridgehead atoms. The number of aryl methyl sites for hydroxylation is 1. The third-order valence-corrected chi connectivity index (χ3v) is 6.24. The van der Waals surface area contributed by atoms with Crippen molar-refractivity contribution in [2.45, 2.75) is 70.6 Å². The minimum absolute atomic E-state index is 0.143. The first-order valence-electron chi connectivity index (χ1n) is 10.9. The van der Waals surface area contributed by atoms with Crippen molar-refractivity contribution >= 4 is 11.5 Å². The Morgan fingerprint density at radius 1 is 0.966 bits per heavy atom. The van der Waals surface area contributed by atoms with Crippen molar-refractivity contribution in [3.05, 3.63) is 75.3 Å². The number of carbonyl (C=O) groups excluding carboxylic acids is 1. The highest BCUT2D eigenvalue weighted by Gasteiger charge is 2.24. The summed E-state index contributed by atoms with van der Waals surface area (Å²) < 4.78 is 0. The molecular formula is C25H31NO3. The van der Waals surface area contributed by atoms with Crippen molar-refractivity contribution in [3.63, 3.8) is 0 Å². The number of hydrogen-bond acceptors (Lipinski definition) is 3. The van der Waals surface area contributed by atoms with Gasteiger partial charge in [0, 0.05) is 24.1 Å². The van der Waals surface area contributed by atoms with Gasteiger partial charge < -0.3 is 0 Å². The summed E-state index contributed by atoms with van der Waals surface area (Å²) in [5.74, 6) is 1.15. The van der Waals surface area contributed by atoms with E-state index < -0.39 is 0 Å². The van der Waals surface area contributed by atoms with Crippen molar-refractivity contribution < 1.29 is 9.72 Å². The second-order valence-corrected chi connectivity index (χ2v) is 8.35. The molecule has 2 aromatic rings. The number of Topliss-reactive ketones (excluding diaryl/α,β-unsaturated/α-hetero) is 1. The molecule has 1 fully saturated rings. The maximum Gasteiger partial charge on any atom is 0.269 e. The van der Waals surface area contributed by atoms with Crippen LogP contribution < -0.4 is 0 Å². The fourth-order valence-electron chi connectivity index (χ4n) is 4.38. The van der Waals surface area contributed by atoms with Crippen LogP contribution in [0.5, 0.6) is 0 Å². The summed E-state index contributed by atoms with van der Waals surface area (Å²) in [6.07, 6.45) is 9.59. The number of nitro benzene ring substituents is 1. The SMILES string of the molecule is CCCCCc1ccc(C(=O)C[C@H]2CC[C@H](c3ccc([N+](=O)[O-])cc3)CC2)cc1. The maximum atomic E-state index is 12.7. The summed E-state index contributed by atoms with van der Waals surface area (Å²) in [6.45, 7) is 2.21. The van der Waals surface area contributed by atoms with Crippen LogP contribution in [-0.4, -0.2) is 10.7 Å². The molecule has 4 nitrogen and oxygen atoms in total. The average molecular weight is 394 g/mol. The number of non-ortho nitro benzene ring substituents is 1. The monoisotopic (exact) mass is 393 g/mol. The van der Waals surface area contributed by atoms with Crippen LogP contribution in [0.1, 0.15) is 85.7 Å². The standard InChI is InChI=1S/C25H31NO3/c1-2-3-4-5-19-6-12-23(13-7-19)25(27)18-20-8-10-21(11-9-20)22-14-16-24(17-15-22)26(28)29/h6-7,12-17,20-21H,2-5,8-11,18H2,1H3/t20-,21-. The predicted molar refractivity (Wildman–Crippen MR) is 116 cm³/mol. The molecule has 154 valence electrons. The molecule has 0 saturated heterocycles. The molecule has 3 rings (SSSR count). The number of carbonyl (C=O) groups is 1. The lowest BCUT2D eigenvalue weighted by Gasteiger charge is -2.28. The van der Waals surface area contributed by atoms with E-state index in [4.69, 9.17) is 0 Å². The highest BCUT2D eigenvalue weighted by Crippen LogP contribution is 2.37. The number of hydrogen-bond donors (Lipinski definition) is 0. The number of benzene rings is 2. The molecule has 1 aliphatic carbocycles. The summed E-state index contributed by atoms with van der Waals surface area (Å²) in [5, 5.41) is 10.8. The first kappa shape index (κ1) is 21.2. The zero-order chi connectivity index (χ0) is 20.6. The summed E-state index contributed by atoms with van der Waals surface area (Å²) in [5.41, 5.74) is 3.48. The third-order valence-electron chi connectivity index (χ3n) is 6.24. The van der Waals surface area contributed by atoms with E-state index in [1.807, 2.05) is 24.3 Å². The van der Waals surface area contributed by atoms with Gasteiger partial charge in [-0.2, -0.15) is 0 Å². The second kappa shape index (κ2) is 10.3. The molecule has 0 radical (unpaired) electrons. The molecule has 0 atom stereocenters. The molecule has 0 unspecified atom stereocenters. The van der Waals surface area contributed by atoms with E-state index in [1.165, 1.54) is 30.4 Å². The van der Waals surface area contributed by atoms with Crippen molar-refractivity contribution in [1.29, 1.82) is 0 Å². The fourth-order valence-corrected chi connectivity index (χ4v) is 4.38. The molecule has 0 N–H and O–H groups in total. The minimum atomic E-state index is -0.357. The van der Waals surface area contributed by atoms with Crippen LogP contribution in [0.25, 0.3) is 0 Å². The molecular weight excluding hydrogens is 362 g/mol. The molecule has 0 aliphatic heterocycles. The second-order valence-electron chi connectivity index (χ2n) is 8.35. The van der Waals surface area contributed by atoms with Crippen LogP contribution in [0.2, 0.25) is 0 Å². The van der Waals surface area contributed by atoms with Crippen molar-refractivity contribution in [2.75, 3.05) is 0 Å². The van der Waals surface area contributed by atoms with Gasteiger partial charge >= 0.3 is 0 Å². The van der Waals surface area contributed by atoms with Crippen LogP contribution >= 0.6 is 0 Å². The first-order valence-corrected chi connectivity index (χ1v) is 10.9. The van der Waals surface area contributed by atoms with E-state index in [1.54, 1.807) is 12.1 Å². The molecule has 2 aromatic carbocycles. The van der Waals surface area contributed by atoms with Crippen LogP contribution in [0.15, 0.2) is 48.5 Å². The Hall–Kier alpha value is -2.49. The van der Waals surface area contributed by atoms with Gasteiger partial charge in [0.15, 0.2) is 5.78 Å². The van der Waals surface area contributed by atoms with Crippen LogP contribution in [0.4, 0.5) is 5.69 Å². The van der Waals surface area contributed by atoms with Gasteiger partial charge in [-0.05, 0) is 61.5 Å². The highest BCUT2D eigenvalue weighted by atomic mass is 16.6. The van der Waals surface area contributed by atoms with E-state index in [9.17, 15) is 14.9 Å². The predicted octanol–water partition coefficient (Wildman–Crippen LogP) is 6.87. The van der Waals surface area contributed by atoms with Gasteiger partial charge in [0.1, 0.15) is 0 Å². The van der Waals surface area contributed by atoms with E-state index in [0.29, 0.717) is 18.3 Å². The molecule has 4 heteroatoms. The summed E-state index contributed by atoms with van der Waals surface area (Å²) in [7, 11) is 0. The van der Waals surface area contributed by atoms with Crippen LogP contribution in [-0.2, 0) is 6.42 Å². The van der Waals surface area contributed by atoms with Gasteiger partial charge in [0.25, 0.3) is 5.69 Å². The summed E-state index contributed by atoms with van der Waals surface area (Å²) >= 11 is 0. The van der Waals surface area contributed by atoms with E-state index in [2.05, 4.69) is 19.1 Å². The van der Waals surface area contributed by atoms with E-state index in [0.717, 1.165) is 37.7 Å². The Kier molecular flexibility index (Phi) is 7.56. The molecule has 0 spiro atoms. The Morgan fingerprint density at radius 3 is 2.21 bits per heavy atom. The Balaban J connectivity index is 1.47. The lowest BCUT2D eigenvalue weighted by Crippen LogP contribution is -2.16. The molecule has 1 saturated carbocycles. The van der Waals surface area contributed by atoms with Crippen LogP contribution in [0.3, 0.4) is 0 Å². The fraction of sp³-hybridized carbons (Fsp3) is 0.480. The molecule has 0 amide bonds. The van der Waals surface area contributed by atoms with Gasteiger partial charge in [-0.3, -0.25) is 14.9 Å². The normalized spacial score (nSPS) is 19.1. The van der Waals surface area contributed by atoms with Gasteiger partial charge in [-0.25, -0.2) is 0 Å². The van der Waals surface area contributed by atoms with Crippen LogP contribution in [0, 0.1) is 16.0 Å². The number of unbranched alkanes of at least 4 members (excludes halogenated alkanes) is 2. The zero-order valence-corrected chi connectivity index (χ0v) is 17.3. The van der Waals surface area contributed by atoms with Gasteiger partial charge in [-0.15, -0.1) is 0 Å². The Labute approximate surface area is 173 Å². The zero-order valence-electron chi connectivity index (χ0n) is 17.3. The van der Waals surface area contributed by atoms with Crippen molar-refractivity contribution in [1.82, 2.24) is 0 Å². The van der Waals surface area contributed by atoms with Gasteiger partial charge in [0.2, 0.25) is 0 Å². The van der Waals surface area contributed by atoms with Gasteiger partial charge in [0.05, 0.1) is 4.92 Å². The molecule has 1 aliphatic rings. The number of rotatable bonds is 9. The third kappa shape index (κ3) is 5.99. The lowest BCUT2D eigenvalue weighted by atomic mass is 9.76. The number of nitrogens with zero attached hydrogens (tertiary/aromatic N) is 1. The lowest BCUT2D eigenvalue weighted by molar-refractivity contribution is -0.384. The minimum Gasteiger partial charge on any atom is -0.294 e. The molecule has 0 aromatic heterocycles. The summed E-state index contributed by atoms with van der Waals surface area (Å²) in [4.78, 5) is 23.1. The topological polar surface area (TPSA) is 60.2 Å². The summed E-state index contributed by atoms with van der Waals surface area (Å²) in [6, 6.07) is 15.2. The molecule has 29 heavy (non-hydrogen) atoms.